The summed E-state index contributed by atoms with van der Waals surface area (Å²) in [7, 11) is 0. The van der Waals surface area contributed by atoms with Crippen molar-refractivity contribution in [3.8, 4) is 5.75 Å². The number of hydrogen-bond donors (Lipinski definition) is 1. The van der Waals surface area contributed by atoms with Crippen LogP contribution in [0.25, 0.3) is 0 Å². The fourth-order valence-electron chi connectivity index (χ4n) is 1.71. The molecule has 1 N–H and O–H groups in total. The van der Waals surface area contributed by atoms with E-state index in [0.717, 1.165) is 6.42 Å². The molecule has 0 aliphatic heterocycles. The maximum atomic E-state index is 10.9. The van der Waals surface area contributed by atoms with Crippen molar-refractivity contribution in [2.45, 2.75) is 19.8 Å². The molecule has 0 spiro atoms. The number of aromatic nitrogens is 2. The second-order valence-electron chi connectivity index (χ2n) is 4.33. The van der Waals surface area contributed by atoms with Gasteiger partial charge < -0.3 is 14.6 Å². The summed E-state index contributed by atoms with van der Waals surface area (Å²) in [6, 6.07) is 4.61. The summed E-state index contributed by atoms with van der Waals surface area (Å²) in [6.45, 7) is 3.01. The third-order valence-electron chi connectivity index (χ3n) is 2.65. The number of nitrogens with zero attached hydrogens (tertiary/aromatic N) is 3. The van der Waals surface area contributed by atoms with E-state index < -0.39 is 4.92 Å². The number of nitrogens with one attached hydrogen (secondary N) is 1. The van der Waals surface area contributed by atoms with Crippen molar-refractivity contribution in [1.29, 1.82) is 0 Å². The van der Waals surface area contributed by atoms with E-state index in [2.05, 4.69) is 15.5 Å². The van der Waals surface area contributed by atoms with Crippen LogP contribution in [-0.2, 0) is 6.42 Å². The minimum atomic E-state index is -0.442. The molecule has 8 nitrogen and oxygen atoms in total. The van der Waals surface area contributed by atoms with Gasteiger partial charge in [-0.1, -0.05) is 12.1 Å². The Bertz CT molecular complexity index is 586. The number of ether oxygens (including phenoxy) is 1. The van der Waals surface area contributed by atoms with Crippen molar-refractivity contribution < 1.29 is 14.2 Å². The zero-order valence-corrected chi connectivity index (χ0v) is 11.6. The molecule has 21 heavy (non-hydrogen) atoms. The van der Waals surface area contributed by atoms with Gasteiger partial charge in [-0.2, -0.15) is 4.98 Å². The van der Waals surface area contributed by atoms with Gasteiger partial charge >= 0.3 is 0 Å². The molecule has 0 aliphatic carbocycles. The summed E-state index contributed by atoms with van der Waals surface area (Å²) >= 11 is 0. The SMILES string of the molecule is CCCOc1cc(NCCc2ncno2)cc([N+](=O)[O-])c1. The van der Waals surface area contributed by atoms with E-state index in [1.807, 2.05) is 6.92 Å². The Morgan fingerprint density at radius 3 is 2.95 bits per heavy atom. The van der Waals surface area contributed by atoms with Gasteiger partial charge in [0.2, 0.25) is 5.89 Å². The topological polar surface area (TPSA) is 103 Å². The fraction of sp³-hybridized carbons (Fsp3) is 0.385. The van der Waals surface area contributed by atoms with Gasteiger partial charge in [0.05, 0.1) is 17.6 Å². The average Bonchev–Trinajstić information content (AvgIpc) is 2.98. The zero-order valence-electron chi connectivity index (χ0n) is 11.6. The van der Waals surface area contributed by atoms with Crippen molar-refractivity contribution in [2.75, 3.05) is 18.5 Å². The van der Waals surface area contributed by atoms with Gasteiger partial charge in [0.1, 0.15) is 5.75 Å². The molecule has 2 aromatic rings. The van der Waals surface area contributed by atoms with E-state index in [-0.39, 0.29) is 5.69 Å². The summed E-state index contributed by atoms with van der Waals surface area (Å²) in [5.41, 5.74) is 0.610. The number of nitro benzene ring substituents is 1. The van der Waals surface area contributed by atoms with Crippen LogP contribution < -0.4 is 10.1 Å². The van der Waals surface area contributed by atoms with E-state index in [4.69, 9.17) is 9.26 Å². The first-order valence-corrected chi connectivity index (χ1v) is 6.60. The van der Waals surface area contributed by atoms with Gasteiger partial charge in [-0.3, -0.25) is 10.1 Å². The Morgan fingerprint density at radius 2 is 2.29 bits per heavy atom. The van der Waals surface area contributed by atoms with Crippen LogP contribution in [0.2, 0.25) is 0 Å². The van der Waals surface area contributed by atoms with E-state index in [1.54, 1.807) is 6.07 Å². The van der Waals surface area contributed by atoms with Crippen LogP contribution in [-0.4, -0.2) is 28.2 Å². The third-order valence-corrected chi connectivity index (χ3v) is 2.65. The highest BCUT2D eigenvalue weighted by atomic mass is 16.6. The first kappa shape index (κ1) is 14.8. The highest BCUT2D eigenvalue weighted by Gasteiger charge is 2.10. The largest absolute Gasteiger partial charge is 0.493 e. The lowest BCUT2D eigenvalue weighted by atomic mass is 10.2. The number of non-ortho nitro benzene ring substituents is 1. The summed E-state index contributed by atoms with van der Waals surface area (Å²) in [5.74, 6) is 0.988. The lowest BCUT2D eigenvalue weighted by molar-refractivity contribution is -0.384. The van der Waals surface area contributed by atoms with Crippen LogP contribution in [0.5, 0.6) is 5.75 Å². The Hall–Kier alpha value is -2.64. The highest BCUT2D eigenvalue weighted by molar-refractivity contribution is 5.56. The van der Waals surface area contributed by atoms with Crippen LogP contribution in [0.3, 0.4) is 0 Å². The second-order valence-corrected chi connectivity index (χ2v) is 4.33. The molecule has 8 heteroatoms. The van der Waals surface area contributed by atoms with Crippen LogP contribution in [0.4, 0.5) is 11.4 Å². The summed E-state index contributed by atoms with van der Waals surface area (Å²) < 4.78 is 10.3. The minimum Gasteiger partial charge on any atom is -0.493 e. The molecule has 112 valence electrons. The molecule has 0 amide bonds. The van der Waals surface area contributed by atoms with Crippen molar-refractivity contribution in [3.63, 3.8) is 0 Å². The lowest BCUT2D eigenvalue weighted by Gasteiger charge is -2.09. The summed E-state index contributed by atoms with van der Waals surface area (Å²) in [6.07, 6.45) is 2.70. The molecule has 0 unspecified atom stereocenters. The van der Waals surface area contributed by atoms with Gasteiger partial charge in [-0.25, -0.2) is 0 Å². The number of benzene rings is 1. The molecule has 0 atom stereocenters. The van der Waals surface area contributed by atoms with Crippen LogP contribution in [0, 0.1) is 10.1 Å². The zero-order chi connectivity index (χ0) is 15.1. The lowest BCUT2D eigenvalue weighted by Crippen LogP contribution is -2.06. The van der Waals surface area contributed by atoms with Crippen LogP contribution in [0.1, 0.15) is 19.2 Å². The number of rotatable bonds is 8. The van der Waals surface area contributed by atoms with E-state index in [1.165, 1.54) is 18.5 Å². The van der Waals surface area contributed by atoms with E-state index >= 15 is 0 Å². The Kier molecular flexibility index (Phi) is 5.08. The first-order valence-electron chi connectivity index (χ1n) is 6.60. The van der Waals surface area contributed by atoms with Crippen molar-refractivity contribution in [3.05, 3.63) is 40.5 Å². The van der Waals surface area contributed by atoms with Gasteiger partial charge in [0, 0.05) is 30.8 Å². The monoisotopic (exact) mass is 292 g/mol. The Balaban J connectivity index is 2.02. The van der Waals surface area contributed by atoms with Crippen molar-refractivity contribution >= 4 is 11.4 Å². The second kappa shape index (κ2) is 7.22. The van der Waals surface area contributed by atoms with Crippen molar-refractivity contribution in [1.82, 2.24) is 10.1 Å². The Labute approximate surface area is 121 Å². The number of anilines is 1. The standard InChI is InChI=1S/C13H16N4O4/c1-2-5-20-12-7-10(6-11(8-12)17(18)19)14-4-3-13-15-9-16-21-13/h6-9,14H,2-5H2,1H3. The molecule has 1 heterocycles. The molecular weight excluding hydrogens is 276 g/mol. The number of nitro groups is 1. The summed E-state index contributed by atoms with van der Waals surface area (Å²) in [4.78, 5) is 14.4. The van der Waals surface area contributed by atoms with E-state index in [9.17, 15) is 10.1 Å². The molecule has 0 saturated carbocycles. The average molecular weight is 292 g/mol. The molecule has 0 fully saturated rings. The predicted molar refractivity (Wildman–Crippen MR) is 75.4 cm³/mol. The molecule has 2 rings (SSSR count). The normalized spacial score (nSPS) is 10.3. The maximum absolute atomic E-state index is 10.9. The summed E-state index contributed by atoms with van der Waals surface area (Å²) in [5, 5.41) is 17.5. The van der Waals surface area contributed by atoms with Gasteiger partial charge in [-0.15, -0.1) is 0 Å². The molecular formula is C13H16N4O4. The predicted octanol–water partition coefficient (Wildman–Crippen LogP) is 2.42. The van der Waals surface area contributed by atoms with Crippen molar-refractivity contribution in [2.24, 2.45) is 0 Å². The molecule has 1 aromatic carbocycles. The number of hydrogen-bond acceptors (Lipinski definition) is 7. The molecule has 0 saturated heterocycles. The molecule has 0 aliphatic rings. The first-order chi connectivity index (χ1) is 10.2. The highest BCUT2D eigenvalue weighted by Crippen LogP contribution is 2.26. The smallest absolute Gasteiger partial charge is 0.275 e. The van der Waals surface area contributed by atoms with Gasteiger partial charge in [0.15, 0.2) is 6.33 Å². The Morgan fingerprint density at radius 1 is 1.43 bits per heavy atom. The van der Waals surface area contributed by atoms with Gasteiger partial charge in [-0.05, 0) is 6.42 Å². The third kappa shape index (κ3) is 4.44. The van der Waals surface area contributed by atoms with Crippen LogP contribution in [0.15, 0.2) is 29.0 Å². The molecule has 0 radical (unpaired) electrons. The van der Waals surface area contributed by atoms with Gasteiger partial charge in [0.25, 0.3) is 5.69 Å². The van der Waals surface area contributed by atoms with E-state index in [0.29, 0.717) is 36.9 Å². The quantitative estimate of drug-likeness (QED) is 0.588. The molecule has 0 bridgehead atoms. The van der Waals surface area contributed by atoms with Crippen LogP contribution >= 0.6 is 0 Å². The fourth-order valence-corrected chi connectivity index (χ4v) is 1.71. The maximum Gasteiger partial charge on any atom is 0.275 e. The minimum absolute atomic E-state index is 0.0103. The molecule has 1 aromatic heterocycles.